The third-order valence-corrected chi connectivity index (χ3v) is 3.88. The zero-order valence-electron chi connectivity index (χ0n) is 11.1. The molecule has 1 aromatic carbocycles. The van der Waals surface area contributed by atoms with E-state index in [0.717, 1.165) is 5.56 Å². The van der Waals surface area contributed by atoms with Crippen molar-refractivity contribution in [2.75, 3.05) is 7.05 Å². The topological polar surface area (TPSA) is 58.4 Å². The molecule has 0 spiro atoms. The van der Waals surface area contributed by atoms with E-state index in [2.05, 4.69) is 5.43 Å². The second-order valence-corrected chi connectivity index (χ2v) is 5.43. The summed E-state index contributed by atoms with van der Waals surface area (Å²) in [6.45, 7) is 1.03. The summed E-state index contributed by atoms with van der Waals surface area (Å²) in [5, 5.41) is 1.84. The van der Waals surface area contributed by atoms with E-state index >= 15 is 0 Å². The van der Waals surface area contributed by atoms with Gasteiger partial charge in [0, 0.05) is 18.7 Å². The molecule has 0 bridgehead atoms. The maximum Gasteiger partial charge on any atom is 0.275 e. The Morgan fingerprint density at radius 3 is 2.70 bits per heavy atom. The standard InChI is InChI=1S/C14H16FN3OS/c1-18(8-10-4-2-3-5-12(10)15)9-11-6-7-20-13(11)14(19)17-16/h2-7H,8-9,16H2,1H3,(H,17,19). The second-order valence-electron chi connectivity index (χ2n) is 4.51. The number of hydrazine groups is 1. The van der Waals surface area contributed by atoms with Crippen LogP contribution in [0.15, 0.2) is 35.7 Å². The Labute approximate surface area is 121 Å². The normalized spacial score (nSPS) is 10.8. The predicted molar refractivity (Wildman–Crippen MR) is 77.5 cm³/mol. The zero-order valence-corrected chi connectivity index (χ0v) is 11.9. The van der Waals surface area contributed by atoms with Crippen LogP contribution >= 0.6 is 11.3 Å². The summed E-state index contributed by atoms with van der Waals surface area (Å²) in [6, 6.07) is 8.56. The Balaban J connectivity index is 2.05. The lowest BCUT2D eigenvalue weighted by atomic mass is 10.2. The Bertz CT molecular complexity index is 600. The molecule has 0 fully saturated rings. The molecule has 0 aliphatic rings. The molecule has 2 rings (SSSR count). The number of benzene rings is 1. The van der Waals surface area contributed by atoms with E-state index in [4.69, 9.17) is 5.84 Å². The van der Waals surface area contributed by atoms with Crippen molar-refractivity contribution in [3.63, 3.8) is 0 Å². The molecule has 1 amide bonds. The van der Waals surface area contributed by atoms with E-state index in [1.165, 1.54) is 17.4 Å². The molecule has 0 aliphatic heterocycles. The van der Waals surface area contributed by atoms with Crippen molar-refractivity contribution < 1.29 is 9.18 Å². The molecule has 0 saturated carbocycles. The maximum absolute atomic E-state index is 13.6. The van der Waals surface area contributed by atoms with E-state index in [1.807, 2.05) is 29.5 Å². The summed E-state index contributed by atoms with van der Waals surface area (Å²) in [4.78, 5) is 14.1. The van der Waals surface area contributed by atoms with Crippen molar-refractivity contribution in [2.24, 2.45) is 5.84 Å². The minimum absolute atomic E-state index is 0.218. The van der Waals surface area contributed by atoms with Crippen LogP contribution in [-0.2, 0) is 13.1 Å². The number of carbonyl (C=O) groups is 1. The number of nitrogens with two attached hydrogens (primary N) is 1. The molecule has 3 N–H and O–H groups in total. The van der Waals surface area contributed by atoms with E-state index in [1.54, 1.807) is 12.1 Å². The molecule has 0 aliphatic carbocycles. The van der Waals surface area contributed by atoms with E-state index in [-0.39, 0.29) is 11.7 Å². The summed E-state index contributed by atoms with van der Waals surface area (Å²) in [5.74, 6) is 4.64. The number of nitrogens with zero attached hydrogens (tertiary/aromatic N) is 1. The fourth-order valence-electron chi connectivity index (χ4n) is 1.99. The van der Waals surface area contributed by atoms with Crippen molar-refractivity contribution in [2.45, 2.75) is 13.1 Å². The highest BCUT2D eigenvalue weighted by Gasteiger charge is 2.14. The fourth-order valence-corrected chi connectivity index (χ4v) is 2.81. The molecular formula is C14H16FN3OS. The summed E-state index contributed by atoms with van der Waals surface area (Å²) < 4.78 is 13.6. The molecule has 2 aromatic rings. The van der Waals surface area contributed by atoms with Crippen molar-refractivity contribution in [1.82, 2.24) is 10.3 Å². The first kappa shape index (κ1) is 14.6. The van der Waals surface area contributed by atoms with E-state index in [9.17, 15) is 9.18 Å². The Morgan fingerprint density at radius 2 is 2.00 bits per heavy atom. The first-order valence-electron chi connectivity index (χ1n) is 6.11. The molecular weight excluding hydrogens is 277 g/mol. The summed E-state index contributed by atoms with van der Waals surface area (Å²) >= 11 is 1.34. The van der Waals surface area contributed by atoms with Gasteiger partial charge in [-0.3, -0.25) is 15.1 Å². The van der Waals surface area contributed by atoms with Gasteiger partial charge in [0.15, 0.2) is 0 Å². The van der Waals surface area contributed by atoms with Gasteiger partial charge in [-0.15, -0.1) is 11.3 Å². The van der Waals surface area contributed by atoms with E-state index in [0.29, 0.717) is 23.5 Å². The average molecular weight is 293 g/mol. The van der Waals surface area contributed by atoms with Gasteiger partial charge in [-0.2, -0.15) is 0 Å². The molecule has 106 valence electrons. The number of rotatable bonds is 5. The Hall–Kier alpha value is -1.76. The van der Waals surface area contributed by atoms with Crippen LogP contribution in [0.4, 0.5) is 4.39 Å². The summed E-state index contributed by atoms with van der Waals surface area (Å²) in [6.07, 6.45) is 0. The molecule has 6 heteroatoms. The van der Waals surface area contributed by atoms with Gasteiger partial charge in [-0.25, -0.2) is 10.2 Å². The molecule has 20 heavy (non-hydrogen) atoms. The summed E-state index contributed by atoms with van der Waals surface area (Å²) in [7, 11) is 1.88. The number of nitrogens with one attached hydrogen (secondary N) is 1. The molecule has 0 saturated heterocycles. The number of thiophene rings is 1. The smallest absolute Gasteiger partial charge is 0.275 e. The van der Waals surface area contributed by atoms with Gasteiger partial charge in [0.1, 0.15) is 5.82 Å². The quantitative estimate of drug-likeness (QED) is 0.504. The molecule has 0 radical (unpaired) electrons. The average Bonchev–Trinajstić information content (AvgIpc) is 2.88. The van der Waals surface area contributed by atoms with E-state index < -0.39 is 0 Å². The minimum atomic E-state index is -0.297. The highest BCUT2D eigenvalue weighted by atomic mass is 32.1. The van der Waals surface area contributed by atoms with Gasteiger partial charge in [0.05, 0.1) is 4.88 Å². The van der Waals surface area contributed by atoms with Crippen LogP contribution in [0.1, 0.15) is 20.8 Å². The molecule has 0 atom stereocenters. The van der Waals surface area contributed by atoms with Crippen LogP contribution < -0.4 is 11.3 Å². The molecule has 1 aromatic heterocycles. The van der Waals surface area contributed by atoms with Gasteiger partial charge in [0.25, 0.3) is 5.91 Å². The Morgan fingerprint density at radius 1 is 1.30 bits per heavy atom. The monoisotopic (exact) mass is 293 g/mol. The van der Waals surface area contributed by atoms with Crippen molar-refractivity contribution in [3.05, 3.63) is 57.5 Å². The van der Waals surface area contributed by atoms with Gasteiger partial charge in [-0.1, -0.05) is 18.2 Å². The van der Waals surface area contributed by atoms with Crippen molar-refractivity contribution in [3.8, 4) is 0 Å². The summed E-state index contributed by atoms with van der Waals surface area (Å²) in [5.41, 5.74) is 3.65. The van der Waals surface area contributed by atoms with Crippen molar-refractivity contribution >= 4 is 17.2 Å². The number of hydrogen-bond donors (Lipinski definition) is 2. The number of carbonyl (C=O) groups excluding carboxylic acids is 1. The highest BCUT2D eigenvalue weighted by molar-refractivity contribution is 7.12. The third-order valence-electron chi connectivity index (χ3n) is 2.92. The fraction of sp³-hybridized carbons (Fsp3) is 0.214. The van der Waals surface area contributed by atoms with Crippen LogP contribution in [0.3, 0.4) is 0 Å². The highest BCUT2D eigenvalue weighted by Crippen LogP contribution is 2.19. The first-order chi connectivity index (χ1) is 9.61. The van der Waals surface area contributed by atoms with Gasteiger partial charge < -0.3 is 0 Å². The minimum Gasteiger partial charge on any atom is -0.298 e. The zero-order chi connectivity index (χ0) is 14.5. The van der Waals surface area contributed by atoms with Gasteiger partial charge in [0.2, 0.25) is 0 Å². The van der Waals surface area contributed by atoms with Crippen LogP contribution in [0.25, 0.3) is 0 Å². The number of nitrogen functional groups attached to an aromatic ring is 1. The lowest BCUT2D eigenvalue weighted by molar-refractivity contribution is 0.0956. The van der Waals surface area contributed by atoms with Crippen LogP contribution in [0, 0.1) is 5.82 Å². The first-order valence-corrected chi connectivity index (χ1v) is 6.99. The Kier molecular flexibility index (Phi) is 4.84. The third kappa shape index (κ3) is 3.41. The van der Waals surface area contributed by atoms with Crippen LogP contribution in [-0.4, -0.2) is 17.9 Å². The molecule has 0 unspecified atom stereocenters. The van der Waals surface area contributed by atoms with Crippen LogP contribution in [0.5, 0.6) is 0 Å². The SMILES string of the molecule is CN(Cc1ccccc1F)Cc1ccsc1C(=O)NN. The lowest BCUT2D eigenvalue weighted by Gasteiger charge is -2.17. The van der Waals surface area contributed by atoms with Crippen LogP contribution in [0.2, 0.25) is 0 Å². The number of halogens is 1. The predicted octanol–water partition coefficient (Wildman–Crippen LogP) is 2.12. The number of amides is 1. The second kappa shape index (κ2) is 6.60. The molecule has 4 nitrogen and oxygen atoms in total. The number of hydrogen-bond acceptors (Lipinski definition) is 4. The maximum atomic E-state index is 13.6. The lowest BCUT2D eigenvalue weighted by Crippen LogP contribution is -2.30. The van der Waals surface area contributed by atoms with Gasteiger partial charge >= 0.3 is 0 Å². The molecule has 1 heterocycles. The van der Waals surface area contributed by atoms with Gasteiger partial charge in [-0.05, 0) is 30.1 Å². The van der Waals surface area contributed by atoms with Crippen molar-refractivity contribution in [1.29, 1.82) is 0 Å². The largest absolute Gasteiger partial charge is 0.298 e.